The van der Waals surface area contributed by atoms with Crippen LogP contribution in [0.2, 0.25) is 0 Å². The van der Waals surface area contributed by atoms with Crippen LogP contribution in [0.3, 0.4) is 0 Å². The lowest BCUT2D eigenvalue weighted by molar-refractivity contribution is -0.139. The van der Waals surface area contributed by atoms with Crippen molar-refractivity contribution in [3.05, 3.63) is 86.0 Å². The number of thioether (sulfide) groups is 1. The molecule has 0 saturated heterocycles. The topological polar surface area (TPSA) is 91.7 Å². The van der Waals surface area contributed by atoms with Gasteiger partial charge in [-0.05, 0) is 42.8 Å². The number of aliphatic imine (C=N–C) groups is 1. The van der Waals surface area contributed by atoms with Gasteiger partial charge in [-0.3, -0.25) is 4.90 Å². The maximum Gasteiger partial charge on any atom is 0.338 e. The first-order valence-electron chi connectivity index (χ1n) is 9.64. The van der Waals surface area contributed by atoms with Gasteiger partial charge in [0.25, 0.3) is 0 Å². The Morgan fingerprint density at radius 3 is 2.71 bits per heavy atom. The van der Waals surface area contributed by atoms with Crippen LogP contribution in [0.1, 0.15) is 29.7 Å². The van der Waals surface area contributed by atoms with E-state index >= 15 is 0 Å². The molecule has 0 amide bonds. The van der Waals surface area contributed by atoms with E-state index < -0.39 is 12.0 Å². The maximum atomic E-state index is 13.2. The van der Waals surface area contributed by atoms with E-state index in [-0.39, 0.29) is 12.4 Å². The molecule has 0 aliphatic carbocycles. The number of halogens is 1. The molecule has 0 unspecified atom stereocenters. The molecule has 31 heavy (non-hydrogen) atoms. The minimum Gasteiger partial charge on any atom is -0.463 e. The molecule has 2 heterocycles. The third kappa shape index (κ3) is 3.75. The molecule has 0 fully saturated rings. The second-order valence-corrected chi connectivity index (χ2v) is 8.78. The summed E-state index contributed by atoms with van der Waals surface area (Å²) in [6.45, 7) is 3.99. The standard InChI is InChI=1S/C23H19BrN4O2S/c1-3-30-22(29)18-19(14-7-5-4-6-8-14)27-23-28(21(26)17(12-25)31-23)20(18)15-10-9-13(2)16(24)11-15/h4-11,20H,3,26H2,1-2H3/t20-/m0/s1. The molecule has 0 saturated carbocycles. The van der Waals surface area contributed by atoms with E-state index in [0.717, 1.165) is 21.2 Å². The molecular weight excluding hydrogens is 476 g/mol. The first-order valence-corrected chi connectivity index (χ1v) is 11.3. The van der Waals surface area contributed by atoms with Crippen molar-refractivity contribution in [2.75, 3.05) is 6.61 Å². The highest BCUT2D eigenvalue weighted by Crippen LogP contribution is 2.47. The van der Waals surface area contributed by atoms with E-state index in [1.165, 1.54) is 11.8 Å². The van der Waals surface area contributed by atoms with Crippen LogP contribution < -0.4 is 5.73 Å². The smallest absolute Gasteiger partial charge is 0.338 e. The second-order valence-electron chi connectivity index (χ2n) is 6.95. The van der Waals surface area contributed by atoms with Crippen LogP contribution in [0.4, 0.5) is 0 Å². The number of nitrogens with two attached hydrogens (primary N) is 1. The number of aryl methyl sites for hydroxylation is 1. The highest BCUT2D eigenvalue weighted by atomic mass is 79.9. The number of carbonyl (C=O) groups excluding carboxylic acids is 1. The van der Waals surface area contributed by atoms with Gasteiger partial charge in [0, 0.05) is 10.0 Å². The number of hydrogen-bond acceptors (Lipinski definition) is 7. The van der Waals surface area contributed by atoms with Gasteiger partial charge >= 0.3 is 5.97 Å². The number of fused-ring (bicyclic) bond motifs is 1. The van der Waals surface area contributed by atoms with Crippen LogP contribution in [0, 0.1) is 18.3 Å². The number of nitriles is 1. The molecular formula is C23H19BrN4O2S. The zero-order chi connectivity index (χ0) is 22.1. The minimum absolute atomic E-state index is 0.231. The molecule has 2 aliphatic rings. The summed E-state index contributed by atoms with van der Waals surface area (Å²) in [4.78, 5) is 20.1. The number of carbonyl (C=O) groups is 1. The molecule has 156 valence electrons. The van der Waals surface area contributed by atoms with Crippen LogP contribution >= 0.6 is 27.7 Å². The first kappa shape index (κ1) is 21.2. The van der Waals surface area contributed by atoms with E-state index in [1.807, 2.05) is 55.5 Å². The fourth-order valence-corrected chi connectivity index (χ4v) is 4.82. The molecule has 0 radical (unpaired) electrons. The van der Waals surface area contributed by atoms with Gasteiger partial charge < -0.3 is 10.5 Å². The number of allylic oxidation sites excluding steroid dienone is 1. The van der Waals surface area contributed by atoms with Gasteiger partial charge in [-0.15, -0.1) is 0 Å². The SMILES string of the molecule is CCOC(=O)C1=C(c2ccccc2)N=C2SC(C#N)=C(N)N2[C@H]1c1ccc(C)c(Br)c1. The van der Waals surface area contributed by atoms with Crippen molar-refractivity contribution in [3.8, 4) is 6.07 Å². The molecule has 0 spiro atoms. The van der Waals surface area contributed by atoms with Gasteiger partial charge in [0.15, 0.2) is 5.17 Å². The Kier molecular flexibility index (Phi) is 5.90. The number of benzene rings is 2. The number of esters is 1. The summed E-state index contributed by atoms with van der Waals surface area (Å²) in [5.74, 6) is -0.184. The van der Waals surface area contributed by atoms with Crippen LogP contribution in [0.5, 0.6) is 0 Å². The molecule has 2 aliphatic heterocycles. The zero-order valence-electron chi connectivity index (χ0n) is 16.9. The summed E-state index contributed by atoms with van der Waals surface area (Å²) in [5, 5.41) is 10.1. The van der Waals surface area contributed by atoms with Gasteiger partial charge in [0.05, 0.1) is 23.9 Å². The van der Waals surface area contributed by atoms with Crippen molar-refractivity contribution < 1.29 is 9.53 Å². The molecule has 1 atom stereocenters. The largest absolute Gasteiger partial charge is 0.463 e. The van der Waals surface area contributed by atoms with Gasteiger partial charge in [-0.1, -0.05) is 58.4 Å². The number of nitrogens with zero attached hydrogens (tertiary/aromatic N) is 3. The van der Waals surface area contributed by atoms with Crippen molar-refractivity contribution in [1.29, 1.82) is 5.26 Å². The summed E-state index contributed by atoms with van der Waals surface area (Å²) >= 11 is 4.80. The van der Waals surface area contributed by atoms with Crippen LogP contribution in [-0.4, -0.2) is 22.6 Å². The van der Waals surface area contributed by atoms with Crippen molar-refractivity contribution >= 4 is 44.5 Å². The summed E-state index contributed by atoms with van der Waals surface area (Å²) in [6.07, 6.45) is 0. The minimum atomic E-state index is -0.586. The monoisotopic (exact) mass is 494 g/mol. The Hall–Kier alpha value is -3.02. The Morgan fingerprint density at radius 1 is 1.32 bits per heavy atom. The highest BCUT2D eigenvalue weighted by molar-refractivity contribution is 9.10. The average molecular weight is 495 g/mol. The summed E-state index contributed by atoms with van der Waals surface area (Å²) in [7, 11) is 0. The molecule has 2 aromatic carbocycles. The predicted octanol–water partition coefficient (Wildman–Crippen LogP) is 4.84. The maximum absolute atomic E-state index is 13.2. The lowest BCUT2D eigenvalue weighted by atomic mass is 9.91. The van der Waals surface area contributed by atoms with Crippen molar-refractivity contribution in [2.24, 2.45) is 10.7 Å². The summed E-state index contributed by atoms with van der Waals surface area (Å²) in [6, 6.07) is 16.9. The van der Waals surface area contributed by atoms with E-state index in [0.29, 0.717) is 21.3 Å². The van der Waals surface area contributed by atoms with Crippen molar-refractivity contribution in [1.82, 2.24) is 4.90 Å². The fraction of sp³-hybridized carbons (Fsp3) is 0.174. The van der Waals surface area contributed by atoms with Crippen LogP contribution in [-0.2, 0) is 9.53 Å². The number of amidine groups is 1. The molecule has 4 rings (SSSR count). The predicted molar refractivity (Wildman–Crippen MR) is 125 cm³/mol. The van der Waals surface area contributed by atoms with Gasteiger partial charge in [0.2, 0.25) is 0 Å². The molecule has 0 bridgehead atoms. The number of hydrogen-bond donors (Lipinski definition) is 1. The van der Waals surface area contributed by atoms with E-state index in [2.05, 4.69) is 22.0 Å². The summed E-state index contributed by atoms with van der Waals surface area (Å²) in [5.41, 5.74) is 9.95. The first-order chi connectivity index (χ1) is 15.0. The Morgan fingerprint density at radius 2 is 2.06 bits per heavy atom. The molecule has 0 aromatic heterocycles. The molecule has 2 N–H and O–H groups in total. The molecule has 8 heteroatoms. The lowest BCUT2D eigenvalue weighted by Crippen LogP contribution is -2.38. The molecule has 2 aromatic rings. The highest BCUT2D eigenvalue weighted by Gasteiger charge is 2.43. The van der Waals surface area contributed by atoms with Gasteiger partial charge in [-0.25, -0.2) is 9.79 Å². The van der Waals surface area contributed by atoms with Crippen LogP contribution in [0.15, 0.2) is 74.3 Å². The molecule has 6 nitrogen and oxygen atoms in total. The van der Waals surface area contributed by atoms with E-state index in [4.69, 9.17) is 15.5 Å². The normalized spacial score (nSPS) is 17.9. The third-order valence-corrected chi connectivity index (χ3v) is 6.87. The number of ether oxygens (including phenoxy) is 1. The second kappa shape index (κ2) is 8.61. The van der Waals surface area contributed by atoms with Gasteiger partial charge in [-0.2, -0.15) is 5.26 Å². The number of rotatable bonds is 4. The Balaban J connectivity index is 2.01. The van der Waals surface area contributed by atoms with Crippen LogP contribution in [0.25, 0.3) is 5.70 Å². The summed E-state index contributed by atoms with van der Waals surface area (Å²) < 4.78 is 6.35. The quantitative estimate of drug-likeness (QED) is 0.611. The average Bonchev–Trinajstić information content (AvgIpc) is 3.10. The Bertz CT molecular complexity index is 1200. The van der Waals surface area contributed by atoms with E-state index in [1.54, 1.807) is 11.8 Å². The van der Waals surface area contributed by atoms with Gasteiger partial charge in [0.1, 0.15) is 16.8 Å². The van der Waals surface area contributed by atoms with Crippen molar-refractivity contribution in [2.45, 2.75) is 19.9 Å². The lowest BCUT2D eigenvalue weighted by Gasteiger charge is -2.35. The zero-order valence-corrected chi connectivity index (χ0v) is 19.3. The fourth-order valence-electron chi connectivity index (χ4n) is 3.55. The van der Waals surface area contributed by atoms with Crippen molar-refractivity contribution in [3.63, 3.8) is 0 Å². The third-order valence-electron chi connectivity index (χ3n) is 5.04. The Labute approximate surface area is 193 Å². The van der Waals surface area contributed by atoms with E-state index in [9.17, 15) is 10.1 Å².